The lowest BCUT2D eigenvalue weighted by Gasteiger charge is -2.15. The van der Waals surface area contributed by atoms with Gasteiger partial charge in [0.2, 0.25) is 11.9 Å². The fourth-order valence-electron chi connectivity index (χ4n) is 2.94. The van der Waals surface area contributed by atoms with E-state index in [-0.39, 0.29) is 12.6 Å². The molecule has 1 unspecified atom stereocenters. The molecule has 2 aromatic heterocycles. The van der Waals surface area contributed by atoms with Crippen molar-refractivity contribution in [3.63, 3.8) is 0 Å². The Hall–Kier alpha value is -3.00. The molecular formula is C19H19N7O2S. The first-order chi connectivity index (χ1) is 14.0. The van der Waals surface area contributed by atoms with E-state index in [0.29, 0.717) is 28.9 Å². The molecule has 148 valence electrons. The first-order valence-electron chi connectivity index (χ1n) is 8.86. The van der Waals surface area contributed by atoms with Gasteiger partial charge in [-0.3, -0.25) is 9.56 Å². The summed E-state index contributed by atoms with van der Waals surface area (Å²) in [4.78, 5) is 21.2. The summed E-state index contributed by atoms with van der Waals surface area (Å²) < 4.78 is 7.03. The van der Waals surface area contributed by atoms with Gasteiger partial charge in [-0.25, -0.2) is 15.0 Å². The molecule has 1 atom stereocenters. The molecule has 9 nitrogen and oxygen atoms in total. The molecule has 1 aliphatic heterocycles. The van der Waals surface area contributed by atoms with Gasteiger partial charge in [0.25, 0.3) is 0 Å². The SMILES string of the molecule is COCc1nc2ccc(C#CC(C)(O)C3=NCCS3)cc2n1-c1ncnc(N)n1. The Kier molecular flexibility index (Phi) is 5.19. The minimum Gasteiger partial charge on any atom is -0.377 e. The van der Waals surface area contributed by atoms with Gasteiger partial charge >= 0.3 is 0 Å². The number of anilines is 1. The van der Waals surface area contributed by atoms with Gasteiger partial charge in [-0.1, -0.05) is 11.8 Å². The molecule has 1 aliphatic rings. The maximum absolute atomic E-state index is 10.6. The van der Waals surface area contributed by atoms with E-state index < -0.39 is 5.60 Å². The van der Waals surface area contributed by atoms with E-state index in [9.17, 15) is 5.11 Å². The van der Waals surface area contributed by atoms with Crippen molar-refractivity contribution in [1.29, 1.82) is 0 Å². The summed E-state index contributed by atoms with van der Waals surface area (Å²) in [5, 5.41) is 11.3. The Morgan fingerprint density at radius 3 is 2.93 bits per heavy atom. The lowest BCUT2D eigenvalue weighted by Crippen LogP contribution is -2.30. The second kappa shape index (κ2) is 7.79. The minimum atomic E-state index is -1.28. The molecule has 0 saturated carbocycles. The van der Waals surface area contributed by atoms with Crippen LogP contribution in [0.1, 0.15) is 18.3 Å². The van der Waals surface area contributed by atoms with E-state index in [4.69, 9.17) is 10.5 Å². The van der Waals surface area contributed by atoms with Crippen molar-refractivity contribution in [3.05, 3.63) is 35.9 Å². The summed E-state index contributed by atoms with van der Waals surface area (Å²) in [6.45, 7) is 2.64. The number of aliphatic imine (C=N–C) groups is 1. The van der Waals surface area contributed by atoms with Crippen LogP contribution in [0, 0.1) is 11.8 Å². The predicted octanol–water partition coefficient (Wildman–Crippen LogP) is 1.19. The first kappa shape index (κ1) is 19.3. The molecule has 0 saturated heterocycles. The predicted molar refractivity (Wildman–Crippen MR) is 112 cm³/mol. The second-order valence-corrected chi connectivity index (χ2v) is 7.58. The Bertz CT molecular complexity index is 1160. The molecule has 0 spiro atoms. The number of ether oxygens (including phenoxy) is 1. The van der Waals surface area contributed by atoms with Crippen LogP contribution in [-0.2, 0) is 11.3 Å². The number of methoxy groups -OCH3 is 1. The topological polar surface area (TPSA) is 124 Å². The number of imidazole rings is 1. The van der Waals surface area contributed by atoms with Crippen LogP contribution >= 0.6 is 11.8 Å². The number of aromatic nitrogens is 5. The van der Waals surface area contributed by atoms with Gasteiger partial charge in [-0.15, -0.1) is 11.8 Å². The number of nitrogens with zero attached hydrogens (tertiary/aromatic N) is 6. The van der Waals surface area contributed by atoms with Crippen molar-refractivity contribution >= 4 is 33.8 Å². The van der Waals surface area contributed by atoms with Gasteiger partial charge in [0.15, 0.2) is 5.60 Å². The highest BCUT2D eigenvalue weighted by atomic mass is 32.2. The number of nitrogens with two attached hydrogens (primary N) is 1. The zero-order valence-electron chi connectivity index (χ0n) is 16.0. The molecule has 0 amide bonds. The van der Waals surface area contributed by atoms with Crippen LogP contribution in [0.5, 0.6) is 0 Å². The molecular weight excluding hydrogens is 390 g/mol. The number of benzene rings is 1. The average Bonchev–Trinajstić information content (AvgIpc) is 3.35. The fourth-order valence-corrected chi connectivity index (χ4v) is 3.83. The molecule has 29 heavy (non-hydrogen) atoms. The lowest BCUT2D eigenvalue weighted by molar-refractivity contribution is 0.176. The largest absolute Gasteiger partial charge is 0.377 e. The van der Waals surface area contributed by atoms with Crippen molar-refractivity contribution in [3.8, 4) is 17.8 Å². The second-order valence-electron chi connectivity index (χ2n) is 6.50. The van der Waals surface area contributed by atoms with Gasteiger partial charge in [0.05, 0.1) is 11.0 Å². The summed E-state index contributed by atoms with van der Waals surface area (Å²) in [6.07, 6.45) is 1.35. The molecule has 0 bridgehead atoms. The van der Waals surface area contributed by atoms with Crippen LogP contribution in [0.4, 0.5) is 5.95 Å². The summed E-state index contributed by atoms with van der Waals surface area (Å²) in [7, 11) is 1.59. The van der Waals surface area contributed by atoms with E-state index in [0.717, 1.165) is 16.8 Å². The van der Waals surface area contributed by atoms with Crippen LogP contribution in [0.3, 0.4) is 0 Å². The number of aliphatic hydroxyl groups is 1. The molecule has 3 heterocycles. The van der Waals surface area contributed by atoms with E-state index in [2.05, 4.69) is 36.8 Å². The van der Waals surface area contributed by atoms with Crippen molar-refractivity contribution in [2.75, 3.05) is 25.1 Å². The lowest BCUT2D eigenvalue weighted by atomic mass is 10.1. The number of fused-ring (bicyclic) bond motifs is 1. The fraction of sp³-hybridized carbons (Fsp3) is 0.316. The van der Waals surface area contributed by atoms with Crippen LogP contribution in [-0.4, -0.2) is 59.7 Å². The van der Waals surface area contributed by atoms with Crippen LogP contribution < -0.4 is 5.73 Å². The molecule has 3 aromatic rings. The zero-order chi connectivity index (χ0) is 20.4. The molecule has 0 fully saturated rings. The summed E-state index contributed by atoms with van der Waals surface area (Å²) in [5.74, 6) is 7.92. The van der Waals surface area contributed by atoms with Gasteiger partial charge in [0.1, 0.15) is 23.8 Å². The summed E-state index contributed by atoms with van der Waals surface area (Å²) in [5.41, 5.74) is 6.66. The highest BCUT2D eigenvalue weighted by Crippen LogP contribution is 2.23. The Morgan fingerprint density at radius 1 is 1.34 bits per heavy atom. The van der Waals surface area contributed by atoms with E-state index >= 15 is 0 Å². The van der Waals surface area contributed by atoms with Crippen molar-refractivity contribution in [1.82, 2.24) is 24.5 Å². The summed E-state index contributed by atoms with van der Waals surface area (Å²) >= 11 is 1.53. The van der Waals surface area contributed by atoms with Crippen LogP contribution in [0.15, 0.2) is 29.5 Å². The number of nitrogen functional groups attached to an aromatic ring is 1. The van der Waals surface area contributed by atoms with Gasteiger partial charge < -0.3 is 15.6 Å². The Morgan fingerprint density at radius 2 is 2.21 bits per heavy atom. The normalized spacial score (nSPS) is 15.6. The highest BCUT2D eigenvalue weighted by molar-refractivity contribution is 8.14. The highest BCUT2D eigenvalue weighted by Gasteiger charge is 2.27. The molecule has 10 heteroatoms. The van der Waals surface area contributed by atoms with Gasteiger partial charge in [0, 0.05) is 25.0 Å². The maximum Gasteiger partial charge on any atom is 0.240 e. The van der Waals surface area contributed by atoms with E-state index in [1.165, 1.54) is 18.1 Å². The van der Waals surface area contributed by atoms with E-state index in [1.807, 2.05) is 18.2 Å². The zero-order valence-corrected chi connectivity index (χ0v) is 16.8. The molecule has 0 aliphatic carbocycles. The Balaban J connectivity index is 1.79. The third kappa shape index (κ3) is 3.93. The smallest absolute Gasteiger partial charge is 0.240 e. The van der Waals surface area contributed by atoms with Crippen molar-refractivity contribution < 1.29 is 9.84 Å². The molecule has 0 radical (unpaired) electrons. The third-order valence-corrected chi connectivity index (χ3v) is 5.41. The number of rotatable bonds is 4. The van der Waals surface area contributed by atoms with E-state index in [1.54, 1.807) is 18.6 Å². The molecule has 1 aromatic carbocycles. The standard InChI is InChI=1S/C19H19N7O2S/c1-19(27,16-21-7-8-29-16)6-5-12-3-4-13-14(9-12)26(15(24-13)10-28-2)18-23-11-22-17(20)25-18/h3-4,9,11,27H,7-8,10H2,1-2H3,(H2,20,22,23,25). The maximum atomic E-state index is 10.6. The number of hydrogen-bond acceptors (Lipinski definition) is 9. The number of thioether (sulfide) groups is 1. The average molecular weight is 409 g/mol. The van der Waals surface area contributed by atoms with Crippen LogP contribution in [0.25, 0.3) is 17.0 Å². The van der Waals surface area contributed by atoms with Crippen molar-refractivity contribution in [2.24, 2.45) is 4.99 Å². The monoisotopic (exact) mass is 409 g/mol. The number of hydrogen-bond donors (Lipinski definition) is 2. The summed E-state index contributed by atoms with van der Waals surface area (Å²) in [6, 6.07) is 5.58. The first-order valence-corrected chi connectivity index (χ1v) is 9.85. The molecule has 3 N–H and O–H groups in total. The van der Waals surface area contributed by atoms with Crippen molar-refractivity contribution in [2.45, 2.75) is 19.1 Å². The minimum absolute atomic E-state index is 0.113. The quantitative estimate of drug-likeness (QED) is 0.616. The molecule has 4 rings (SSSR count). The van der Waals surface area contributed by atoms with Gasteiger partial charge in [-0.05, 0) is 25.1 Å². The van der Waals surface area contributed by atoms with Crippen LogP contribution in [0.2, 0.25) is 0 Å². The van der Waals surface area contributed by atoms with Gasteiger partial charge in [-0.2, -0.15) is 4.98 Å². The Labute approximate surface area is 171 Å². The third-order valence-electron chi connectivity index (χ3n) is 4.23.